The maximum Gasteiger partial charge on any atom is 0.223 e. The zero-order chi connectivity index (χ0) is 17.7. The lowest BCUT2D eigenvalue weighted by Gasteiger charge is -2.24. The van der Waals surface area contributed by atoms with Crippen molar-refractivity contribution in [2.24, 2.45) is 0 Å². The van der Waals surface area contributed by atoms with Crippen molar-refractivity contribution in [3.8, 4) is 5.75 Å². The number of benzene rings is 1. The van der Waals surface area contributed by atoms with Gasteiger partial charge in [-0.2, -0.15) is 5.10 Å². The third-order valence-electron chi connectivity index (χ3n) is 4.31. The highest BCUT2D eigenvalue weighted by atomic mass is 16.3. The number of likely N-dealkylation sites (N-methyl/N-ethyl adjacent to an activating group) is 1. The van der Waals surface area contributed by atoms with Gasteiger partial charge < -0.3 is 15.1 Å². The summed E-state index contributed by atoms with van der Waals surface area (Å²) >= 11 is 0. The Labute approximate surface area is 142 Å². The number of rotatable bonds is 7. The summed E-state index contributed by atoms with van der Waals surface area (Å²) in [7, 11) is 0. The first-order valence-electron chi connectivity index (χ1n) is 8.17. The van der Waals surface area contributed by atoms with E-state index < -0.39 is 6.10 Å². The monoisotopic (exact) mass is 331 g/mol. The molecule has 6 heteroatoms. The fraction of sp³-hybridized carbons (Fsp3) is 0.444. The molecule has 1 atom stereocenters. The standard InChI is InChI=1S/C18H25N3O3/c1-4-21(11-17(23)14-6-5-7-15(22)10-14)18(24)9-8-16-12(2)13(3)19-20-16/h5-7,10,17,22-23H,4,8-9,11H2,1-3H3,(H,19,20). The number of aromatic amines is 1. The Morgan fingerprint density at radius 1 is 1.38 bits per heavy atom. The van der Waals surface area contributed by atoms with E-state index in [2.05, 4.69) is 10.2 Å². The molecular formula is C18H25N3O3. The van der Waals surface area contributed by atoms with Gasteiger partial charge in [-0.15, -0.1) is 0 Å². The van der Waals surface area contributed by atoms with Crippen LogP contribution in [0.15, 0.2) is 24.3 Å². The summed E-state index contributed by atoms with van der Waals surface area (Å²) in [6.45, 7) is 6.56. The summed E-state index contributed by atoms with van der Waals surface area (Å²) < 4.78 is 0. The zero-order valence-electron chi connectivity index (χ0n) is 14.4. The summed E-state index contributed by atoms with van der Waals surface area (Å²) in [5, 5.41) is 26.9. The van der Waals surface area contributed by atoms with Crippen LogP contribution in [0.4, 0.5) is 0 Å². The molecule has 1 heterocycles. The lowest BCUT2D eigenvalue weighted by molar-refractivity contribution is -0.132. The van der Waals surface area contributed by atoms with Crippen LogP contribution in [0.2, 0.25) is 0 Å². The van der Waals surface area contributed by atoms with Crippen LogP contribution in [0.3, 0.4) is 0 Å². The number of nitrogens with zero attached hydrogens (tertiary/aromatic N) is 2. The molecule has 6 nitrogen and oxygen atoms in total. The Balaban J connectivity index is 1.94. The molecule has 2 rings (SSSR count). The normalized spacial score (nSPS) is 12.2. The molecular weight excluding hydrogens is 306 g/mol. The molecule has 0 fully saturated rings. The highest BCUT2D eigenvalue weighted by Crippen LogP contribution is 2.19. The number of hydrogen-bond donors (Lipinski definition) is 3. The first-order chi connectivity index (χ1) is 11.4. The first-order valence-corrected chi connectivity index (χ1v) is 8.17. The SMILES string of the molecule is CCN(CC(O)c1cccc(O)c1)C(=O)CCc1n[nH]c(C)c1C. The third kappa shape index (κ3) is 4.35. The number of aryl methyl sites for hydroxylation is 2. The quantitative estimate of drug-likeness (QED) is 0.726. The lowest BCUT2D eigenvalue weighted by atomic mass is 10.1. The van der Waals surface area contributed by atoms with E-state index in [9.17, 15) is 15.0 Å². The number of phenols is 1. The number of aromatic nitrogens is 2. The minimum Gasteiger partial charge on any atom is -0.508 e. The van der Waals surface area contributed by atoms with Gasteiger partial charge in [0, 0.05) is 25.1 Å². The van der Waals surface area contributed by atoms with Gasteiger partial charge in [-0.3, -0.25) is 9.89 Å². The Bertz CT molecular complexity index is 697. The number of amides is 1. The number of carbonyl (C=O) groups excluding carboxylic acids is 1. The average molecular weight is 331 g/mol. The maximum absolute atomic E-state index is 12.4. The van der Waals surface area contributed by atoms with Crippen LogP contribution in [0.5, 0.6) is 5.75 Å². The van der Waals surface area contributed by atoms with Crippen LogP contribution in [-0.4, -0.2) is 44.3 Å². The summed E-state index contributed by atoms with van der Waals surface area (Å²) in [5.74, 6) is 0.0852. The van der Waals surface area contributed by atoms with E-state index in [0.717, 1.165) is 17.0 Å². The van der Waals surface area contributed by atoms with Gasteiger partial charge in [0.1, 0.15) is 5.75 Å². The van der Waals surface area contributed by atoms with Gasteiger partial charge in [0.05, 0.1) is 18.3 Å². The molecule has 1 aromatic carbocycles. The molecule has 0 spiro atoms. The van der Waals surface area contributed by atoms with Crippen molar-refractivity contribution in [1.82, 2.24) is 15.1 Å². The number of nitrogens with one attached hydrogen (secondary N) is 1. The number of carbonyl (C=O) groups is 1. The van der Waals surface area contributed by atoms with Crippen LogP contribution in [0.25, 0.3) is 0 Å². The van der Waals surface area contributed by atoms with Gasteiger partial charge in [0.15, 0.2) is 0 Å². The zero-order valence-corrected chi connectivity index (χ0v) is 14.4. The van der Waals surface area contributed by atoms with Crippen molar-refractivity contribution in [2.75, 3.05) is 13.1 Å². The highest BCUT2D eigenvalue weighted by Gasteiger charge is 2.18. The Morgan fingerprint density at radius 2 is 2.12 bits per heavy atom. The molecule has 1 aromatic heterocycles. The number of H-pyrrole nitrogens is 1. The van der Waals surface area contributed by atoms with Crippen LogP contribution in [0, 0.1) is 13.8 Å². The second kappa shape index (κ2) is 7.97. The summed E-state index contributed by atoms with van der Waals surface area (Å²) in [4.78, 5) is 14.1. The smallest absolute Gasteiger partial charge is 0.223 e. The number of phenolic OH excluding ortho intramolecular Hbond substituents is 1. The minimum atomic E-state index is -0.824. The van der Waals surface area contributed by atoms with Crippen molar-refractivity contribution >= 4 is 5.91 Å². The lowest BCUT2D eigenvalue weighted by Crippen LogP contribution is -2.34. The van der Waals surface area contributed by atoms with Gasteiger partial charge in [0.2, 0.25) is 5.91 Å². The summed E-state index contributed by atoms with van der Waals surface area (Å²) in [6, 6.07) is 6.47. The van der Waals surface area contributed by atoms with Crippen molar-refractivity contribution in [3.05, 3.63) is 46.8 Å². The van der Waals surface area contributed by atoms with Crippen LogP contribution in [0.1, 0.15) is 42.0 Å². The predicted molar refractivity (Wildman–Crippen MR) is 91.7 cm³/mol. The fourth-order valence-electron chi connectivity index (χ4n) is 2.62. The maximum atomic E-state index is 12.4. The molecule has 0 aliphatic heterocycles. The van der Waals surface area contributed by atoms with E-state index in [1.54, 1.807) is 23.1 Å². The second-order valence-electron chi connectivity index (χ2n) is 5.96. The Morgan fingerprint density at radius 3 is 2.71 bits per heavy atom. The van der Waals surface area contributed by atoms with Crippen LogP contribution in [-0.2, 0) is 11.2 Å². The third-order valence-corrected chi connectivity index (χ3v) is 4.31. The highest BCUT2D eigenvalue weighted by molar-refractivity contribution is 5.76. The summed E-state index contributed by atoms with van der Waals surface area (Å²) in [6.07, 6.45) is 0.106. The molecule has 3 N–H and O–H groups in total. The molecule has 0 bridgehead atoms. The predicted octanol–water partition coefficient (Wildman–Crippen LogP) is 2.25. The fourth-order valence-corrected chi connectivity index (χ4v) is 2.62. The number of hydrogen-bond acceptors (Lipinski definition) is 4. The van der Waals surface area contributed by atoms with Crippen molar-refractivity contribution in [2.45, 2.75) is 39.7 Å². The van der Waals surface area contributed by atoms with E-state index in [1.165, 1.54) is 6.07 Å². The molecule has 0 saturated heterocycles. The Hall–Kier alpha value is -2.34. The molecule has 130 valence electrons. The van der Waals surface area contributed by atoms with Crippen LogP contribution >= 0.6 is 0 Å². The topological polar surface area (TPSA) is 89.4 Å². The van der Waals surface area contributed by atoms with Gasteiger partial charge in [0.25, 0.3) is 0 Å². The van der Waals surface area contributed by atoms with E-state index in [0.29, 0.717) is 24.9 Å². The number of aliphatic hydroxyl groups excluding tert-OH is 1. The largest absolute Gasteiger partial charge is 0.508 e. The molecule has 24 heavy (non-hydrogen) atoms. The molecule has 1 unspecified atom stereocenters. The van der Waals surface area contributed by atoms with Gasteiger partial charge in [-0.1, -0.05) is 12.1 Å². The first kappa shape index (κ1) is 18.0. The molecule has 0 aliphatic carbocycles. The molecule has 0 aliphatic rings. The molecule has 0 saturated carbocycles. The number of aliphatic hydroxyl groups is 1. The summed E-state index contributed by atoms with van der Waals surface area (Å²) in [5.41, 5.74) is 3.61. The van der Waals surface area contributed by atoms with Crippen molar-refractivity contribution in [3.63, 3.8) is 0 Å². The van der Waals surface area contributed by atoms with Crippen molar-refractivity contribution < 1.29 is 15.0 Å². The molecule has 0 radical (unpaired) electrons. The van der Waals surface area contributed by atoms with Crippen LogP contribution < -0.4 is 0 Å². The van der Waals surface area contributed by atoms with E-state index in [-0.39, 0.29) is 18.2 Å². The molecule has 1 amide bonds. The van der Waals surface area contributed by atoms with Crippen molar-refractivity contribution in [1.29, 1.82) is 0 Å². The average Bonchev–Trinajstić information content (AvgIpc) is 2.89. The minimum absolute atomic E-state index is 0.0169. The van der Waals surface area contributed by atoms with Gasteiger partial charge in [-0.05, 0) is 44.0 Å². The van der Waals surface area contributed by atoms with Gasteiger partial charge in [-0.25, -0.2) is 0 Å². The molecule has 2 aromatic rings. The van der Waals surface area contributed by atoms with E-state index in [1.807, 2.05) is 20.8 Å². The van der Waals surface area contributed by atoms with E-state index >= 15 is 0 Å². The van der Waals surface area contributed by atoms with Gasteiger partial charge >= 0.3 is 0 Å². The number of aromatic hydroxyl groups is 1. The Kier molecular flexibility index (Phi) is 5.98. The second-order valence-corrected chi connectivity index (χ2v) is 5.96. The van der Waals surface area contributed by atoms with E-state index in [4.69, 9.17) is 0 Å².